The van der Waals surface area contributed by atoms with Gasteiger partial charge in [-0.25, -0.2) is 0 Å². The molecule has 0 bridgehead atoms. The standard InChI is InChI=1S/C15H18N.C2H6Si.2ClH.Ti/c1-10-11(2)13(4)15(12(10)3)16-14-8-6-5-7-9-14;1-3-2;;;/h5-9,12H,1-4H3;1-2H3;2*1H;/q-1;;;;+2/p-2. The summed E-state index contributed by atoms with van der Waals surface area (Å²) in [6.45, 7) is 13.3. The molecule has 2 rings (SSSR count). The van der Waals surface area contributed by atoms with Gasteiger partial charge >= 0.3 is 38.5 Å². The fraction of sp³-hybridized carbons (Fsp3) is 0.412. The molecule has 0 heterocycles. The van der Waals surface area contributed by atoms with Gasteiger partial charge in [-0.3, -0.25) is 0 Å². The molecule has 0 aromatic heterocycles. The van der Waals surface area contributed by atoms with E-state index in [9.17, 15) is 0 Å². The third kappa shape index (κ3) is 7.06. The minimum atomic E-state index is 0. The molecule has 1 aromatic carbocycles. The van der Waals surface area contributed by atoms with Crippen LogP contribution >= 0.6 is 0 Å². The SMILES string of the molecule is CC1=C(C)C(C)C([N-]c2ccccc2)=C1C.C[Si](C)=[Ti+2].[Cl-].[Cl-]. The molecule has 0 aliphatic heterocycles. The van der Waals surface area contributed by atoms with Crippen molar-refractivity contribution in [3.63, 3.8) is 0 Å². The van der Waals surface area contributed by atoms with Crippen molar-refractivity contribution in [2.24, 2.45) is 5.92 Å². The van der Waals surface area contributed by atoms with Crippen molar-refractivity contribution in [2.75, 3.05) is 0 Å². The van der Waals surface area contributed by atoms with Crippen molar-refractivity contribution < 1.29 is 44.0 Å². The topological polar surface area (TPSA) is 14.1 Å². The average Bonchev–Trinajstić information content (AvgIpc) is 2.57. The quantitative estimate of drug-likeness (QED) is 0.620. The van der Waals surface area contributed by atoms with Crippen LogP contribution in [-0.4, -0.2) is 6.19 Å². The zero-order valence-electron chi connectivity index (χ0n) is 14.2. The number of benzene rings is 1. The van der Waals surface area contributed by atoms with Gasteiger partial charge in [0, 0.05) is 0 Å². The van der Waals surface area contributed by atoms with Crippen LogP contribution in [0.25, 0.3) is 5.32 Å². The fourth-order valence-electron chi connectivity index (χ4n) is 2.16. The van der Waals surface area contributed by atoms with Gasteiger partial charge in [0.2, 0.25) is 0 Å². The predicted octanol–water partition coefficient (Wildman–Crippen LogP) is -0.256. The number of allylic oxidation sites excluding steroid dienone is 3. The van der Waals surface area contributed by atoms with Gasteiger partial charge in [0.15, 0.2) is 0 Å². The van der Waals surface area contributed by atoms with Gasteiger partial charge in [-0.1, -0.05) is 54.0 Å². The predicted molar refractivity (Wildman–Crippen MR) is 87.2 cm³/mol. The van der Waals surface area contributed by atoms with Gasteiger partial charge in [-0.15, -0.1) is 11.4 Å². The maximum absolute atomic E-state index is 4.76. The third-order valence-electron chi connectivity index (χ3n) is 3.60. The van der Waals surface area contributed by atoms with Crippen molar-refractivity contribution in [3.8, 4) is 0 Å². The maximum atomic E-state index is 4.76. The number of nitrogens with zero attached hydrogens (tertiary/aromatic N) is 1. The molecule has 0 spiro atoms. The van der Waals surface area contributed by atoms with Crippen LogP contribution in [0.2, 0.25) is 13.1 Å². The van der Waals surface area contributed by atoms with Gasteiger partial charge < -0.3 is 30.1 Å². The second kappa shape index (κ2) is 11.5. The van der Waals surface area contributed by atoms with Crippen LogP contribution < -0.4 is 24.8 Å². The number of hydrogen-bond donors (Lipinski definition) is 0. The average molecular weight is 389 g/mol. The van der Waals surface area contributed by atoms with Crippen molar-refractivity contribution >= 4 is 11.9 Å². The first-order chi connectivity index (χ1) is 9.34. The minimum absolute atomic E-state index is 0. The Balaban J connectivity index is 0. The van der Waals surface area contributed by atoms with Crippen LogP contribution in [-0.2, 0) is 19.2 Å². The van der Waals surface area contributed by atoms with Gasteiger partial charge in [-0.05, 0) is 26.7 Å². The normalized spacial score (nSPS) is 16.3. The monoisotopic (exact) mass is 388 g/mol. The Hall–Kier alpha value is 0.0112. The van der Waals surface area contributed by atoms with E-state index >= 15 is 0 Å². The first-order valence-corrected chi connectivity index (χ1v) is 11.9. The molecule has 0 amide bonds. The Bertz CT molecular complexity index is 549. The zero-order chi connectivity index (χ0) is 15.3. The summed E-state index contributed by atoms with van der Waals surface area (Å²) < 4.78 is 0. The van der Waals surface area contributed by atoms with Gasteiger partial charge in [0.25, 0.3) is 0 Å². The van der Waals surface area contributed by atoms with Crippen LogP contribution in [0.15, 0.2) is 52.7 Å². The van der Waals surface area contributed by atoms with Crippen molar-refractivity contribution in [2.45, 2.75) is 40.8 Å². The molecule has 0 saturated carbocycles. The Kier molecular flexibility index (Phi) is 12.7. The molecule has 0 fully saturated rings. The Morgan fingerprint density at radius 3 is 1.77 bits per heavy atom. The Morgan fingerprint density at radius 1 is 0.955 bits per heavy atom. The summed E-state index contributed by atoms with van der Waals surface area (Å²) in [4.78, 5) is 0. The van der Waals surface area contributed by atoms with E-state index in [1.807, 2.05) is 18.2 Å². The van der Waals surface area contributed by atoms with Crippen LogP contribution in [0.5, 0.6) is 0 Å². The van der Waals surface area contributed by atoms with E-state index in [-0.39, 0.29) is 31.0 Å². The van der Waals surface area contributed by atoms with Gasteiger partial charge in [-0.2, -0.15) is 0 Å². The van der Waals surface area contributed by atoms with Gasteiger partial charge in [0.05, 0.1) is 0 Å². The van der Waals surface area contributed by atoms with E-state index < -0.39 is 0 Å². The molecular weight excluding hydrogens is 365 g/mol. The molecule has 22 heavy (non-hydrogen) atoms. The number of hydrogen-bond acceptors (Lipinski definition) is 0. The number of para-hydroxylation sites is 1. The van der Waals surface area contributed by atoms with E-state index in [1.54, 1.807) is 0 Å². The molecule has 0 radical (unpaired) electrons. The third-order valence-corrected chi connectivity index (χ3v) is 3.60. The largest absolute Gasteiger partial charge is 1.00 e. The zero-order valence-corrected chi connectivity index (χ0v) is 18.2. The Labute approximate surface area is 160 Å². The summed E-state index contributed by atoms with van der Waals surface area (Å²) in [5, 5.41) is 4.76. The summed E-state index contributed by atoms with van der Waals surface area (Å²) in [6.07, 6.45) is 0.120. The second-order valence-electron chi connectivity index (χ2n) is 5.49. The molecule has 1 unspecified atom stereocenters. The molecule has 1 aliphatic carbocycles. The van der Waals surface area contributed by atoms with Crippen LogP contribution in [0.3, 0.4) is 0 Å². The van der Waals surface area contributed by atoms with Crippen molar-refractivity contribution in [1.82, 2.24) is 0 Å². The molecule has 1 aromatic rings. The Morgan fingerprint density at radius 2 is 1.41 bits per heavy atom. The summed E-state index contributed by atoms with van der Waals surface area (Å²) in [7, 11) is 0. The molecule has 1 aliphatic rings. The molecular formula is C17H24Cl2NSiTi-. The first-order valence-electron chi connectivity index (χ1n) is 7.01. The summed E-state index contributed by atoms with van der Waals surface area (Å²) in [5.74, 6) is 0.459. The number of halogens is 2. The molecule has 0 saturated heterocycles. The maximum Gasteiger partial charge on any atom is -1.00 e. The van der Waals surface area contributed by atoms with E-state index in [0.717, 1.165) is 5.69 Å². The van der Waals surface area contributed by atoms with Crippen LogP contribution in [0.1, 0.15) is 27.7 Å². The molecule has 120 valence electrons. The molecule has 1 nitrogen and oxygen atoms in total. The van der Waals surface area contributed by atoms with Crippen molar-refractivity contribution in [1.29, 1.82) is 0 Å². The fourth-order valence-corrected chi connectivity index (χ4v) is 2.16. The molecule has 5 heteroatoms. The van der Waals surface area contributed by atoms with E-state index in [1.165, 1.54) is 22.4 Å². The van der Waals surface area contributed by atoms with E-state index in [4.69, 9.17) is 5.32 Å². The smallest absolute Gasteiger partial charge is 1.00 e. The number of rotatable bonds is 2. The summed E-state index contributed by atoms with van der Waals surface area (Å²) >= 11 is 2.27. The first kappa shape index (κ1) is 24.3. The second-order valence-corrected chi connectivity index (χ2v) is 12.2. The molecule has 1 atom stereocenters. The van der Waals surface area contributed by atoms with Crippen LogP contribution in [0, 0.1) is 5.92 Å². The van der Waals surface area contributed by atoms with Crippen LogP contribution in [0.4, 0.5) is 5.69 Å². The van der Waals surface area contributed by atoms with Gasteiger partial charge in [0.1, 0.15) is 0 Å². The molecule has 0 N–H and O–H groups in total. The van der Waals surface area contributed by atoms with E-state index in [2.05, 4.69) is 72.1 Å². The van der Waals surface area contributed by atoms with Crippen molar-refractivity contribution in [3.05, 3.63) is 58.1 Å². The summed E-state index contributed by atoms with van der Waals surface area (Å²) in [5.41, 5.74) is 6.47. The summed E-state index contributed by atoms with van der Waals surface area (Å²) in [6, 6.07) is 10.2. The van der Waals surface area contributed by atoms with E-state index in [0.29, 0.717) is 5.92 Å². The minimum Gasteiger partial charge on any atom is -1.00 e.